The predicted molar refractivity (Wildman–Crippen MR) is 113 cm³/mol. The van der Waals surface area contributed by atoms with Gasteiger partial charge in [0.15, 0.2) is 5.13 Å². The van der Waals surface area contributed by atoms with Crippen LogP contribution in [0.3, 0.4) is 0 Å². The smallest absolute Gasteiger partial charge is 0.194 e. The average molecular weight is 393 g/mol. The standard InChI is InChI=1S/C21H16N4S.ClH/c1-2-6-16(7-3-1)19-14-26-21(23-19)25-13-17(12-24-11-10-22-15-24)18-8-4-5-9-20(18)25;/h1-11,13-15H,12H2;1H. The van der Waals surface area contributed by atoms with E-state index < -0.39 is 0 Å². The van der Waals surface area contributed by atoms with E-state index in [1.54, 1.807) is 11.3 Å². The molecule has 0 bridgehead atoms. The zero-order valence-electron chi connectivity index (χ0n) is 14.4. The number of aromatic nitrogens is 4. The second kappa shape index (κ2) is 7.39. The van der Waals surface area contributed by atoms with E-state index in [0.29, 0.717) is 0 Å². The van der Waals surface area contributed by atoms with Gasteiger partial charge in [0.1, 0.15) is 0 Å². The summed E-state index contributed by atoms with van der Waals surface area (Å²) in [5.41, 5.74) is 4.59. The second-order valence-corrected chi connectivity index (χ2v) is 6.99. The van der Waals surface area contributed by atoms with Crippen molar-refractivity contribution in [2.24, 2.45) is 0 Å². The Bertz CT molecular complexity index is 1160. The summed E-state index contributed by atoms with van der Waals surface area (Å²) in [6, 6.07) is 18.8. The summed E-state index contributed by atoms with van der Waals surface area (Å²) < 4.78 is 4.28. The highest BCUT2D eigenvalue weighted by atomic mass is 35.5. The van der Waals surface area contributed by atoms with E-state index >= 15 is 0 Å². The van der Waals surface area contributed by atoms with Crippen LogP contribution in [-0.2, 0) is 6.54 Å². The van der Waals surface area contributed by atoms with Gasteiger partial charge < -0.3 is 4.57 Å². The molecule has 0 saturated carbocycles. The summed E-state index contributed by atoms with van der Waals surface area (Å²) in [5, 5.41) is 4.35. The van der Waals surface area contributed by atoms with Crippen LogP contribution in [0.4, 0.5) is 0 Å². The lowest BCUT2D eigenvalue weighted by molar-refractivity contribution is 0.800. The molecule has 134 valence electrons. The molecule has 5 aromatic rings. The summed E-state index contributed by atoms with van der Waals surface area (Å²) in [7, 11) is 0. The molecule has 0 radical (unpaired) electrons. The van der Waals surface area contributed by atoms with E-state index in [9.17, 15) is 0 Å². The van der Waals surface area contributed by atoms with Crippen LogP contribution in [0.1, 0.15) is 5.56 Å². The van der Waals surface area contributed by atoms with Crippen molar-refractivity contribution in [3.63, 3.8) is 0 Å². The van der Waals surface area contributed by atoms with Crippen molar-refractivity contribution in [3.05, 3.63) is 90.5 Å². The van der Waals surface area contributed by atoms with E-state index in [-0.39, 0.29) is 12.4 Å². The number of para-hydroxylation sites is 1. The van der Waals surface area contributed by atoms with E-state index in [1.165, 1.54) is 16.5 Å². The highest BCUT2D eigenvalue weighted by Crippen LogP contribution is 2.29. The molecular formula is C21H17ClN4S. The SMILES string of the molecule is Cl.c1ccc(-c2csc(-n3cc(Cn4ccnc4)c4ccccc43)n2)cc1. The molecule has 0 saturated heterocycles. The Morgan fingerprint density at radius 1 is 0.963 bits per heavy atom. The number of imidazole rings is 1. The zero-order chi connectivity index (χ0) is 17.3. The van der Waals surface area contributed by atoms with Crippen molar-refractivity contribution in [2.45, 2.75) is 6.54 Å². The molecule has 0 aliphatic rings. The van der Waals surface area contributed by atoms with Crippen LogP contribution in [0.2, 0.25) is 0 Å². The van der Waals surface area contributed by atoms with Crippen LogP contribution in [0, 0.1) is 0 Å². The van der Waals surface area contributed by atoms with Gasteiger partial charge >= 0.3 is 0 Å². The fourth-order valence-electron chi connectivity index (χ4n) is 3.23. The molecular weight excluding hydrogens is 376 g/mol. The van der Waals surface area contributed by atoms with E-state index in [2.05, 4.69) is 62.1 Å². The molecule has 0 spiro atoms. The van der Waals surface area contributed by atoms with Crippen molar-refractivity contribution in [2.75, 3.05) is 0 Å². The van der Waals surface area contributed by atoms with Crippen molar-refractivity contribution in [1.82, 2.24) is 19.1 Å². The van der Waals surface area contributed by atoms with Crippen molar-refractivity contribution in [1.29, 1.82) is 0 Å². The number of fused-ring (bicyclic) bond motifs is 1. The normalized spacial score (nSPS) is 10.8. The fraction of sp³-hybridized carbons (Fsp3) is 0.0476. The van der Waals surface area contributed by atoms with Crippen LogP contribution in [0.5, 0.6) is 0 Å². The van der Waals surface area contributed by atoms with Crippen LogP contribution < -0.4 is 0 Å². The number of halogens is 1. The maximum absolute atomic E-state index is 4.87. The minimum absolute atomic E-state index is 0. The fourth-order valence-corrected chi connectivity index (χ4v) is 4.05. The largest absolute Gasteiger partial charge is 0.333 e. The highest BCUT2D eigenvalue weighted by Gasteiger charge is 2.13. The predicted octanol–water partition coefficient (Wildman–Crippen LogP) is 5.42. The molecule has 27 heavy (non-hydrogen) atoms. The Balaban J connectivity index is 0.00000180. The van der Waals surface area contributed by atoms with Gasteiger partial charge in [-0.25, -0.2) is 9.97 Å². The quantitative estimate of drug-likeness (QED) is 0.409. The number of hydrogen-bond acceptors (Lipinski definition) is 3. The second-order valence-electron chi connectivity index (χ2n) is 6.16. The maximum atomic E-state index is 4.87. The molecule has 0 aliphatic carbocycles. The first-order valence-electron chi connectivity index (χ1n) is 8.44. The minimum Gasteiger partial charge on any atom is -0.333 e. The Kier molecular flexibility index (Phi) is 4.79. The van der Waals surface area contributed by atoms with E-state index in [1.807, 2.05) is 36.9 Å². The average Bonchev–Trinajstić information content (AvgIpc) is 3.43. The van der Waals surface area contributed by atoms with Crippen LogP contribution in [-0.4, -0.2) is 19.1 Å². The Morgan fingerprint density at radius 3 is 2.59 bits per heavy atom. The molecule has 5 rings (SSSR count). The number of rotatable bonds is 4. The lowest BCUT2D eigenvalue weighted by Crippen LogP contribution is -1.95. The summed E-state index contributed by atoms with van der Waals surface area (Å²) in [4.78, 5) is 9.02. The topological polar surface area (TPSA) is 35.6 Å². The zero-order valence-corrected chi connectivity index (χ0v) is 16.0. The highest BCUT2D eigenvalue weighted by molar-refractivity contribution is 7.12. The molecule has 0 atom stereocenters. The molecule has 0 N–H and O–H groups in total. The number of benzene rings is 2. The molecule has 6 heteroatoms. The molecule has 2 aromatic carbocycles. The number of nitrogens with zero attached hydrogens (tertiary/aromatic N) is 4. The van der Waals surface area contributed by atoms with Gasteiger partial charge in [-0.3, -0.25) is 4.57 Å². The van der Waals surface area contributed by atoms with Crippen LogP contribution in [0.25, 0.3) is 27.3 Å². The monoisotopic (exact) mass is 392 g/mol. The van der Waals surface area contributed by atoms with Gasteiger partial charge in [0, 0.05) is 34.9 Å². The Labute approximate surface area is 167 Å². The van der Waals surface area contributed by atoms with Gasteiger partial charge in [0.25, 0.3) is 0 Å². The third kappa shape index (κ3) is 3.27. The summed E-state index contributed by atoms with van der Waals surface area (Å²) in [6.07, 6.45) is 7.84. The number of hydrogen-bond donors (Lipinski definition) is 0. The van der Waals surface area contributed by atoms with Gasteiger partial charge in [-0.05, 0) is 11.6 Å². The van der Waals surface area contributed by atoms with Gasteiger partial charge in [-0.2, -0.15) is 0 Å². The molecule has 0 aliphatic heterocycles. The van der Waals surface area contributed by atoms with Crippen LogP contribution >= 0.6 is 23.7 Å². The lowest BCUT2D eigenvalue weighted by Gasteiger charge is -2.00. The van der Waals surface area contributed by atoms with E-state index in [0.717, 1.165) is 22.9 Å². The van der Waals surface area contributed by atoms with Gasteiger partial charge in [0.2, 0.25) is 0 Å². The maximum Gasteiger partial charge on any atom is 0.194 e. The summed E-state index contributed by atoms with van der Waals surface area (Å²) in [5.74, 6) is 0. The third-order valence-corrected chi connectivity index (χ3v) is 5.31. The molecule has 0 amide bonds. The first kappa shape index (κ1) is 17.5. The van der Waals surface area contributed by atoms with Gasteiger partial charge in [-0.1, -0.05) is 48.5 Å². The third-order valence-electron chi connectivity index (χ3n) is 4.47. The summed E-state index contributed by atoms with van der Waals surface area (Å²) >= 11 is 1.67. The lowest BCUT2D eigenvalue weighted by atomic mass is 10.2. The van der Waals surface area contributed by atoms with Crippen molar-refractivity contribution >= 4 is 34.6 Å². The number of thiazole rings is 1. The molecule has 0 unspecified atom stereocenters. The van der Waals surface area contributed by atoms with Gasteiger partial charge in [-0.15, -0.1) is 23.7 Å². The van der Waals surface area contributed by atoms with Crippen molar-refractivity contribution in [3.8, 4) is 16.4 Å². The molecule has 4 nitrogen and oxygen atoms in total. The van der Waals surface area contributed by atoms with Gasteiger partial charge in [0.05, 0.1) is 24.1 Å². The summed E-state index contributed by atoms with van der Waals surface area (Å²) in [6.45, 7) is 0.796. The first-order valence-corrected chi connectivity index (χ1v) is 9.32. The first-order chi connectivity index (χ1) is 12.9. The Hall–Kier alpha value is -2.89. The molecule has 0 fully saturated rings. The van der Waals surface area contributed by atoms with Crippen LogP contribution in [0.15, 0.2) is 84.9 Å². The molecule has 3 heterocycles. The van der Waals surface area contributed by atoms with E-state index in [4.69, 9.17) is 4.98 Å². The minimum atomic E-state index is 0. The Morgan fingerprint density at radius 2 is 1.78 bits per heavy atom. The van der Waals surface area contributed by atoms with Crippen molar-refractivity contribution < 1.29 is 0 Å². The molecule has 3 aromatic heterocycles.